The average molecular weight is 377 g/mol. The molecule has 1 rings (SSSR count). The molecule has 2 atom stereocenters. The van der Waals surface area contributed by atoms with E-state index < -0.39 is 46.1 Å². The number of hydrogen-bond acceptors (Lipinski definition) is 5. The number of nitrogens with one attached hydrogen (secondary N) is 1. The highest BCUT2D eigenvalue weighted by molar-refractivity contribution is 6.31. The molecular formula is C15H18ClFN2O6. The minimum absolute atomic E-state index is 0.00762. The highest BCUT2D eigenvalue weighted by atomic mass is 35.5. The highest BCUT2D eigenvalue weighted by Gasteiger charge is 2.32. The van der Waals surface area contributed by atoms with E-state index in [4.69, 9.17) is 16.3 Å². The summed E-state index contributed by atoms with van der Waals surface area (Å²) in [5, 5.41) is 22.1. The van der Waals surface area contributed by atoms with Crippen molar-refractivity contribution in [2.24, 2.45) is 0 Å². The van der Waals surface area contributed by atoms with E-state index in [9.17, 15) is 29.2 Å². The van der Waals surface area contributed by atoms with Gasteiger partial charge < -0.3 is 15.2 Å². The fourth-order valence-corrected chi connectivity index (χ4v) is 2.39. The van der Waals surface area contributed by atoms with Gasteiger partial charge >= 0.3 is 17.7 Å². The number of alkyl carbamates (subject to hydrolysis) is 1. The number of benzene rings is 1. The monoisotopic (exact) mass is 376 g/mol. The molecule has 2 unspecified atom stereocenters. The van der Waals surface area contributed by atoms with Crippen molar-refractivity contribution in [2.45, 2.75) is 45.3 Å². The number of carbonyl (C=O) groups excluding carboxylic acids is 1. The molecule has 0 aromatic heterocycles. The van der Waals surface area contributed by atoms with Crippen LogP contribution in [0.1, 0.15) is 39.2 Å². The number of aliphatic carboxylic acids is 1. The fourth-order valence-electron chi connectivity index (χ4n) is 2.06. The van der Waals surface area contributed by atoms with Crippen molar-refractivity contribution in [3.05, 3.63) is 38.7 Å². The molecule has 1 amide bonds. The highest BCUT2D eigenvalue weighted by Crippen LogP contribution is 2.32. The lowest BCUT2D eigenvalue weighted by molar-refractivity contribution is -0.387. The van der Waals surface area contributed by atoms with E-state index in [1.165, 1.54) is 6.92 Å². The fraction of sp³-hybridized carbons (Fsp3) is 0.467. The second kappa shape index (κ2) is 7.64. The first-order chi connectivity index (χ1) is 11.3. The predicted molar refractivity (Wildman–Crippen MR) is 87.3 cm³/mol. The van der Waals surface area contributed by atoms with Crippen LogP contribution in [0.3, 0.4) is 0 Å². The number of nitro benzene ring substituents is 1. The number of rotatable bonds is 5. The number of hydrogen-bond donors (Lipinski definition) is 2. The van der Waals surface area contributed by atoms with Crippen LogP contribution < -0.4 is 5.32 Å². The van der Waals surface area contributed by atoms with Crippen molar-refractivity contribution < 1.29 is 28.7 Å². The number of nitro groups is 1. The summed E-state index contributed by atoms with van der Waals surface area (Å²) < 4.78 is 18.8. The van der Waals surface area contributed by atoms with Crippen LogP contribution in [0.5, 0.6) is 0 Å². The Morgan fingerprint density at radius 1 is 1.40 bits per heavy atom. The Morgan fingerprint density at radius 3 is 2.40 bits per heavy atom. The molecule has 0 heterocycles. The smallest absolute Gasteiger partial charge is 0.408 e. The molecule has 0 saturated heterocycles. The van der Waals surface area contributed by atoms with E-state index in [0.717, 1.165) is 12.1 Å². The SMILES string of the molecule is CC(c1cc(F)c([N+](=O)[O-])cc1Cl)C(NC(=O)OC(C)(C)C)C(=O)O. The zero-order chi connectivity index (χ0) is 19.5. The number of nitrogens with zero attached hydrogens (tertiary/aromatic N) is 1. The van der Waals surface area contributed by atoms with Gasteiger partial charge in [0.05, 0.1) is 9.95 Å². The van der Waals surface area contributed by atoms with Gasteiger partial charge in [-0.15, -0.1) is 0 Å². The topological polar surface area (TPSA) is 119 Å². The van der Waals surface area contributed by atoms with Gasteiger partial charge in [-0.25, -0.2) is 9.59 Å². The molecular weight excluding hydrogens is 359 g/mol. The molecule has 0 spiro atoms. The van der Waals surface area contributed by atoms with E-state index in [2.05, 4.69) is 5.32 Å². The molecule has 0 radical (unpaired) electrons. The minimum atomic E-state index is -1.48. The van der Waals surface area contributed by atoms with Crippen LogP contribution in [-0.4, -0.2) is 33.7 Å². The van der Waals surface area contributed by atoms with E-state index >= 15 is 0 Å². The summed E-state index contributed by atoms with van der Waals surface area (Å²) in [7, 11) is 0. The van der Waals surface area contributed by atoms with Gasteiger partial charge in [-0.2, -0.15) is 4.39 Å². The molecule has 0 saturated carbocycles. The van der Waals surface area contributed by atoms with Crippen molar-refractivity contribution in [3.8, 4) is 0 Å². The molecule has 1 aromatic rings. The summed E-state index contributed by atoms with van der Waals surface area (Å²) in [5.41, 5.74) is -1.66. The first-order valence-electron chi connectivity index (χ1n) is 7.19. The maximum Gasteiger partial charge on any atom is 0.408 e. The molecule has 0 aliphatic heterocycles. The van der Waals surface area contributed by atoms with Crippen molar-refractivity contribution >= 4 is 29.4 Å². The Labute approximate surface area is 148 Å². The molecule has 0 bridgehead atoms. The average Bonchev–Trinajstić information content (AvgIpc) is 2.43. The number of carboxylic acid groups (broad SMARTS) is 1. The lowest BCUT2D eigenvalue weighted by atomic mass is 9.93. The van der Waals surface area contributed by atoms with E-state index in [1.54, 1.807) is 20.8 Å². The van der Waals surface area contributed by atoms with Gasteiger partial charge in [0.25, 0.3) is 0 Å². The molecule has 25 heavy (non-hydrogen) atoms. The van der Waals surface area contributed by atoms with Crippen LogP contribution in [-0.2, 0) is 9.53 Å². The Kier molecular flexibility index (Phi) is 6.31. The van der Waals surface area contributed by atoms with Crippen molar-refractivity contribution in [3.63, 3.8) is 0 Å². The number of carbonyl (C=O) groups is 2. The lowest BCUT2D eigenvalue weighted by Crippen LogP contribution is -2.46. The van der Waals surface area contributed by atoms with Crippen LogP contribution in [0.4, 0.5) is 14.9 Å². The molecule has 0 fully saturated rings. The molecule has 10 heteroatoms. The first-order valence-corrected chi connectivity index (χ1v) is 7.57. The molecule has 0 aliphatic carbocycles. The van der Waals surface area contributed by atoms with Crippen LogP contribution in [0.15, 0.2) is 12.1 Å². The Hall–Kier alpha value is -2.42. The number of carboxylic acids is 1. The van der Waals surface area contributed by atoms with Gasteiger partial charge in [0.2, 0.25) is 5.82 Å². The van der Waals surface area contributed by atoms with Gasteiger partial charge in [-0.3, -0.25) is 10.1 Å². The van der Waals surface area contributed by atoms with Gasteiger partial charge in [-0.1, -0.05) is 18.5 Å². The van der Waals surface area contributed by atoms with Crippen molar-refractivity contribution in [1.29, 1.82) is 0 Å². The second-order valence-corrected chi connectivity index (χ2v) is 6.74. The maximum atomic E-state index is 13.8. The van der Waals surface area contributed by atoms with Gasteiger partial charge in [0, 0.05) is 12.0 Å². The van der Waals surface area contributed by atoms with E-state index in [0.29, 0.717) is 0 Å². The third-order valence-electron chi connectivity index (χ3n) is 3.19. The van der Waals surface area contributed by atoms with Crippen LogP contribution in [0.25, 0.3) is 0 Å². The molecule has 2 N–H and O–H groups in total. The lowest BCUT2D eigenvalue weighted by Gasteiger charge is -2.25. The quantitative estimate of drug-likeness (QED) is 0.600. The second-order valence-electron chi connectivity index (χ2n) is 6.33. The number of halogens is 2. The van der Waals surface area contributed by atoms with Gasteiger partial charge in [0.1, 0.15) is 11.6 Å². The van der Waals surface area contributed by atoms with Gasteiger partial charge in [0.15, 0.2) is 0 Å². The summed E-state index contributed by atoms with van der Waals surface area (Å²) in [6, 6.07) is 0.112. The maximum absolute atomic E-state index is 13.8. The Balaban J connectivity index is 3.14. The molecule has 1 aromatic carbocycles. The van der Waals surface area contributed by atoms with Crippen LogP contribution in [0.2, 0.25) is 5.02 Å². The number of ether oxygens (including phenoxy) is 1. The van der Waals surface area contributed by atoms with Crippen molar-refractivity contribution in [1.82, 2.24) is 5.32 Å². The zero-order valence-corrected chi connectivity index (χ0v) is 14.8. The third kappa shape index (κ3) is 5.56. The first kappa shape index (κ1) is 20.6. The van der Waals surface area contributed by atoms with Crippen molar-refractivity contribution in [2.75, 3.05) is 0 Å². The van der Waals surface area contributed by atoms with Gasteiger partial charge in [-0.05, 0) is 32.4 Å². The largest absolute Gasteiger partial charge is 0.480 e. The minimum Gasteiger partial charge on any atom is -0.480 e. The summed E-state index contributed by atoms with van der Waals surface area (Å²) in [4.78, 5) is 33.1. The summed E-state index contributed by atoms with van der Waals surface area (Å²) in [6.07, 6.45) is -0.967. The third-order valence-corrected chi connectivity index (χ3v) is 3.52. The standard InChI is InChI=1S/C15H18ClFN2O6/c1-7(8-5-10(17)11(19(23)24)6-9(8)16)12(13(20)21)18-14(22)25-15(2,3)4/h5-7,12H,1-4H3,(H,18,22)(H,20,21). The van der Waals surface area contributed by atoms with Crippen LogP contribution >= 0.6 is 11.6 Å². The predicted octanol–water partition coefficient (Wildman–Crippen LogP) is 3.47. The normalized spacial score (nSPS) is 13.7. The Bertz CT molecular complexity index is 704. The molecule has 138 valence electrons. The molecule has 8 nitrogen and oxygen atoms in total. The van der Waals surface area contributed by atoms with Crippen LogP contribution in [0, 0.1) is 15.9 Å². The number of amides is 1. The summed E-state index contributed by atoms with van der Waals surface area (Å²) in [6.45, 7) is 6.21. The summed E-state index contributed by atoms with van der Waals surface area (Å²) >= 11 is 5.92. The van der Waals surface area contributed by atoms with E-state index in [-0.39, 0.29) is 10.6 Å². The summed E-state index contributed by atoms with van der Waals surface area (Å²) in [5.74, 6) is -3.53. The Morgan fingerprint density at radius 2 is 1.96 bits per heavy atom. The van der Waals surface area contributed by atoms with E-state index in [1.807, 2.05) is 0 Å². The zero-order valence-electron chi connectivity index (χ0n) is 14.0. The molecule has 0 aliphatic rings.